The highest BCUT2D eigenvalue weighted by Gasteiger charge is 2.40. The standard InChI is InChI=1S/C11H20N2O5S/c1-17-11(14)10-4-2-3-5-13(10)19(15,16)12-6-8-18-9-7-12/h10H,2-9H2,1H3/t10-/m1/s1. The first-order valence-electron chi connectivity index (χ1n) is 6.50. The van der Waals surface area contributed by atoms with E-state index in [-0.39, 0.29) is 0 Å². The topological polar surface area (TPSA) is 76.2 Å². The number of esters is 1. The van der Waals surface area contributed by atoms with Crippen LogP contribution in [-0.2, 0) is 24.5 Å². The van der Waals surface area contributed by atoms with E-state index >= 15 is 0 Å². The number of methoxy groups -OCH3 is 1. The summed E-state index contributed by atoms with van der Waals surface area (Å²) in [6, 6.07) is -0.688. The summed E-state index contributed by atoms with van der Waals surface area (Å²) >= 11 is 0. The first-order valence-corrected chi connectivity index (χ1v) is 7.89. The quantitative estimate of drug-likeness (QED) is 0.661. The van der Waals surface area contributed by atoms with E-state index in [2.05, 4.69) is 0 Å². The van der Waals surface area contributed by atoms with Crippen molar-refractivity contribution in [2.75, 3.05) is 40.0 Å². The van der Waals surface area contributed by atoms with Crippen LogP contribution >= 0.6 is 0 Å². The van der Waals surface area contributed by atoms with Gasteiger partial charge in [0.25, 0.3) is 10.2 Å². The summed E-state index contributed by atoms with van der Waals surface area (Å²) in [4.78, 5) is 11.7. The maximum absolute atomic E-state index is 12.6. The van der Waals surface area contributed by atoms with Gasteiger partial charge in [-0.05, 0) is 19.3 Å². The summed E-state index contributed by atoms with van der Waals surface area (Å²) in [5.41, 5.74) is 0. The molecule has 0 N–H and O–H groups in total. The average Bonchev–Trinajstić information content (AvgIpc) is 2.47. The maximum Gasteiger partial charge on any atom is 0.324 e. The van der Waals surface area contributed by atoms with Crippen LogP contribution in [0.15, 0.2) is 0 Å². The minimum absolute atomic E-state index is 0.340. The Bertz CT molecular complexity index is 419. The molecule has 0 saturated carbocycles. The first-order chi connectivity index (χ1) is 9.07. The molecule has 0 aromatic rings. The van der Waals surface area contributed by atoms with Crippen LogP contribution in [0.3, 0.4) is 0 Å². The van der Waals surface area contributed by atoms with Crippen LogP contribution in [0.25, 0.3) is 0 Å². The molecule has 0 aliphatic carbocycles. The van der Waals surface area contributed by atoms with Crippen LogP contribution in [0.5, 0.6) is 0 Å². The largest absolute Gasteiger partial charge is 0.468 e. The highest BCUT2D eigenvalue weighted by Crippen LogP contribution is 2.24. The fraction of sp³-hybridized carbons (Fsp3) is 0.909. The van der Waals surface area contributed by atoms with Gasteiger partial charge in [0, 0.05) is 19.6 Å². The van der Waals surface area contributed by atoms with Crippen molar-refractivity contribution in [1.29, 1.82) is 0 Å². The molecule has 2 aliphatic rings. The molecule has 2 fully saturated rings. The molecular formula is C11H20N2O5S. The van der Waals surface area contributed by atoms with Crippen molar-refractivity contribution in [2.45, 2.75) is 25.3 Å². The van der Waals surface area contributed by atoms with E-state index in [0.717, 1.165) is 12.8 Å². The molecule has 0 unspecified atom stereocenters. The van der Waals surface area contributed by atoms with E-state index in [0.29, 0.717) is 39.3 Å². The van der Waals surface area contributed by atoms with Crippen LogP contribution in [0.2, 0.25) is 0 Å². The van der Waals surface area contributed by atoms with Crippen LogP contribution < -0.4 is 0 Å². The number of hydrogen-bond donors (Lipinski definition) is 0. The van der Waals surface area contributed by atoms with E-state index in [1.54, 1.807) is 0 Å². The predicted octanol–water partition coefficient (Wildman–Crippen LogP) is -0.409. The zero-order chi connectivity index (χ0) is 13.9. The molecule has 8 heteroatoms. The van der Waals surface area contributed by atoms with Gasteiger partial charge in [0.05, 0.1) is 20.3 Å². The molecular weight excluding hydrogens is 272 g/mol. The van der Waals surface area contributed by atoms with Crippen molar-refractivity contribution < 1.29 is 22.7 Å². The molecule has 0 bridgehead atoms. The molecule has 1 atom stereocenters. The van der Waals surface area contributed by atoms with Gasteiger partial charge in [-0.2, -0.15) is 17.0 Å². The van der Waals surface area contributed by atoms with Crippen molar-refractivity contribution >= 4 is 16.2 Å². The molecule has 7 nitrogen and oxygen atoms in total. The summed E-state index contributed by atoms with van der Waals surface area (Å²) in [5, 5.41) is 0. The normalized spacial score (nSPS) is 27.1. The summed E-state index contributed by atoms with van der Waals surface area (Å²) < 4.78 is 37.7. The second kappa shape index (κ2) is 6.17. The van der Waals surface area contributed by atoms with Crippen LogP contribution in [-0.4, -0.2) is 69.0 Å². The van der Waals surface area contributed by atoms with Gasteiger partial charge in [0.1, 0.15) is 6.04 Å². The molecule has 2 rings (SSSR count). The summed E-state index contributed by atoms with van der Waals surface area (Å²) in [6.45, 7) is 1.85. The molecule has 2 saturated heterocycles. The Hall–Kier alpha value is -0.700. The minimum Gasteiger partial charge on any atom is -0.468 e. The van der Waals surface area contributed by atoms with Crippen molar-refractivity contribution in [1.82, 2.24) is 8.61 Å². The van der Waals surface area contributed by atoms with Gasteiger partial charge >= 0.3 is 5.97 Å². The minimum atomic E-state index is -3.60. The number of hydrogen-bond acceptors (Lipinski definition) is 5. The zero-order valence-electron chi connectivity index (χ0n) is 11.1. The van der Waals surface area contributed by atoms with Gasteiger partial charge in [-0.25, -0.2) is 0 Å². The molecule has 0 amide bonds. The zero-order valence-corrected chi connectivity index (χ0v) is 11.9. The van der Waals surface area contributed by atoms with Gasteiger partial charge < -0.3 is 9.47 Å². The first kappa shape index (κ1) is 14.7. The Morgan fingerprint density at radius 2 is 1.89 bits per heavy atom. The molecule has 2 aliphatic heterocycles. The van der Waals surface area contributed by atoms with Crippen LogP contribution in [0.4, 0.5) is 0 Å². The Labute approximate surface area is 113 Å². The summed E-state index contributed by atoms with van der Waals surface area (Å²) in [5.74, 6) is -0.475. The molecule has 19 heavy (non-hydrogen) atoms. The lowest BCUT2D eigenvalue weighted by Gasteiger charge is -2.37. The van der Waals surface area contributed by atoms with Crippen LogP contribution in [0, 0.1) is 0 Å². The fourth-order valence-corrected chi connectivity index (χ4v) is 4.26. The van der Waals surface area contributed by atoms with Crippen molar-refractivity contribution in [2.24, 2.45) is 0 Å². The highest BCUT2D eigenvalue weighted by atomic mass is 32.2. The third-order valence-electron chi connectivity index (χ3n) is 3.52. The summed E-state index contributed by atoms with van der Waals surface area (Å²) in [7, 11) is -2.32. The Kier molecular flexibility index (Phi) is 4.77. The Balaban J connectivity index is 2.18. The number of morpholine rings is 1. The Morgan fingerprint density at radius 3 is 2.53 bits per heavy atom. The van der Waals surface area contributed by atoms with Crippen molar-refractivity contribution in [3.05, 3.63) is 0 Å². The van der Waals surface area contributed by atoms with Crippen molar-refractivity contribution in [3.8, 4) is 0 Å². The SMILES string of the molecule is COC(=O)[C@H]1CCCCN1S(=O)(=O)N1CCOCC1. The number of carbonyl (C=O) groups excluding carboxylic acids is 1. The monoisotopic (exact) mass is 292 g/mol. The average molecular weight is 292 g/mol. The molecule has 0 aromatic heterocycles. The summed E-state index contributed by atoms with van der Waals surface area (Å²) in [6.07, 6.45) is 2.14. The predicted molar refractivity (Wildman–Crippen MR) is 67.7 cm³/mol. The van der Waals surface area contributed by atoms with E-state index in [9.17, 15) is 13.2 Å². The third-order valence-corrected chi connectivity index (χ3v) is 5.57. The molecule has 0 radical (unpaired) electrons. The fourth-order valence-electron chi connectivity index (χ4n) is 2.48. The molecule has 0 aromatic carbocycles. The van der Waals surface area contributed by atoms with Crippen LogP contribution in [0.1, 0.15) is 19.3 Å². The maximum atomic E-state index is 12.6. The number of rotatable bonds is 3. The highest BCUT2D eigenvalue weighted by molar-refractivity contribution is 7.86. The lowest BCUT2D eigenvalue weighted by Crippen LogP contribution is -2.55. The van der Waals surface area contributed by atoms with Gasteiger partial charge in [-0.15, -0.1) is 0 Å². The smallest absolute Gasteiger partial charge is 0.324 e. The van der Waals surface area contributed by atoms with E-state index < -0.39 is 22.2 Å². The van der Waals surface area contributed by atoms with E-state index in [1.165, 1.54) is 15.7 Å². The lowest BCUT2D eigenvalue weighted by molar-refractivity contribution is -0.146. The molecule has 2 heterocycles. The Morgan fingerprint density at radius 1 is 1.21 bits per heavy atom. The second-order valence-electron chi connectivity index (χ2n) is 4.66. The third kappa shape index (κ3) is 3.07. The van der Waals surface area contributed by atoms with Gasteiger partial charge in [0.15, 0.2) is 0 Å². The van der Waals surface area contributed by atoms with Gasteiger partial charge in [0.2, 0.25) is 0 Å². The van der Waals surface area contributed by atoms with Gasteiger partial charge in [-0.3, -0.25) is 4.79 Å². The number of piperidine rings is 1. The number of nitrogens with zero attached hydrogens (tertiary/aromatic N) is 2. The van der Waals surface area contributed by atoms with Gasteiger partial charge in [-0.1, -0.05) is 0 Å². The molecule has 0 spiro atoms. The second-order valence-corrected chi connectivity index (χ2v) is 6.55. The lowest BCUT2D eigenvalue weighted by atomic mass is 10.1. The van der Waals surface area contributed by atoms with E-state index in [4.69, 9.17) is 9.47 Å². The van der Waals surface area contributed by atoms with E-state index in [1.807, 2.05) is 0 Å². The number of ether oxygens (including phenoxy) is 2. The van der Waals surface area contributed by atoms with Crippen molar-refractivity contribution in [3.63, 3.8) is 0 Å². The number of carbonyl (C=O) groups is 1. The molecule has 110 valence electrons.